The fourth-order valence-electron chi connectivity index (χ4n) is 1.13. The Balaban J connectivity index is 2.14. The first-order valence-electron chi connectivity index (χ1n) is 4.16. The van der Waals surface area contributed by atoms with Crippen LogP contribution in [0.4, 0.5) is 0 Å². The molecule has 0 saturated carbocycles. The molecule has 0 fully saturated rings. The second-order valence-corrected chi connectivity index (χ2v) is 4.15. The standard InChI is InChI=1S/C8H16N2S/c1-2-3-4-5-8(9)10-6-7-11-8/h6-7,10H,2-5,9H2,1H3. The van der Waals surface area contributed by atoms with Crippen LogP contribution < -0.4 is 11.1 Å². The van der Waals surface area contributed by atoms with Gasteiger partial charge in [0.25, 0.3) is 0 Å². The summed E-state index contributed by atoms with van der Waals surface area (Å²) in [6.45, 7) is 2.21. The summed E-state index contributed by atoms with van der Waals surface area (Å²) in [6, 6.07) is 0. The molecule has 0 aliphatic carbocycles. The molecule has 0 radical (unpaired) electrons. The van der Waals surface area contributed by atoms with E-state index in [1.54, 1.807) is 11.8 Å². The number of nitrogens with two attached hydrogens (primary N) is 1. The van der Waals surface area contributed by atoms with E-state index in [1.165, 1.54) is 19.3 Å². The number of rotatable bonds is 4. The normalized spacial score (nSPS) is 28.9. The van der Waals surface area contributed by atoms with Crippen LogP contribution in [0.3, 0.4) is 0 Å². The van der Waals surface area contributed by atoms with E-state index in [1.807, 2.05) is 11.6 Å². The highest BCUT2D eigenvalue weighted by atomic mass is 32.2. The van der Waals surface area contributed by atoms with Crippen LogP contribution >= 0.6 is 11.8 Å². The van der Waals surface area contributed by atoms with Gasteiger partial charge in [0.15, 0.2) is 0 Å². The van der Waals surface area contributed by atoms with Gasteiger partial charge in [-0.15, -0.1) is 0 Å². The Labute approximate surface area is 72.6 Å². The molecule has 2 nitrogen and oxygen atoms in total. The summed E-state index contributed by atoms with van der Waals surface area (Å²) in [7, 11) is 0. The average Bonchev–Trinajstić information content (AvgIpc) is 2.38. The van der Waals surface area contributed by atoms with E-state index in [2.05, 4.69) is 12.2 Å². The molecule has 0 aromatic rings. The van der Waals surface area contributed by atoms with Crippen molar-refractivity contribution in [2.75, 3.05) is 0 Å². The molecule has 0 saturated heterocycles. The first kappa shape index (κ1) is 8.94. The third kappa shape index (κ3) is 2.75. The largest absolute Gasteiger partial charge is 0.364 e. The molecule has 1 aliphatic rings. The van der Waals surface area contributed by atoms with Crippen molar-refractivity contribution in [3.8, 4) is 0 Å². The predicted molar refractivity (Wildman–Crippen MR) is 50.9 cm³/mol. The van der Waals surface area contributed by atoms with E-state index >= 15 is 0 Å². The van der Waals surface area contributed by atoms with E-state index in [-0.39, 0.29) is 4.99 Å². The summed E-state index contributed by atoms with van der Waals surface area (Å²) in [5, 5.41) is 5.17. The zero-order chi connectivity index (χ0) is 8.16. The SMILES string of the molecule is CCCCCC1(N)NC=CS1. The maximum absolute atomic E-state index is 5.99. The zero-order valence-electron chi connectivity index (χ0n) is 6.97. The molecule has 0 aromatic carbocycles. The van der Waals surface area contributed by atoms with Crippen LogP contribution in [0.5, 0.6) is 0 Å². The van der Waals surface area contributed by atoms with Gasteiger partial charge in [-0.2, -0.15) is 0 Å². The summed E-state index contributed by atoms with van der Waals surface area (Å²) in [4.78, 5) is -0.199. The highest BCUT2D eigenvalue weighted by Gasteiger charge is 2.24. The topological polar surface area (TPSA) is 38.0 Å². The zero-order valence-corrected chi connectivity index (χ0v) is 7.79. The summed E-state index contributed by atoms with van der Waals surface area (Å²) in [6.07, 6.45) is 6.74. The number of thioether (sulfide) groups is 1. The fourth-order valence-corrected chi connectivity index (χ4v) is 1.91. The highest BCUT2D eigenvalue weighted by Crippen LogP contribution is 2.27. The molecule has 0 aromatic heterocycles. The van der Waals surface area contributed by atoms with Crippen LogP contribution in [0.15, 0.2) is 11.6 Å². The lowest BCUT2D eigenvalue weighted by Gasteiger charge is -2.23. The third-order valence-corrected chi connectivity index (χ3v) is 2.84. The minimum atomic E-state index is -0.199. The van der Waals surface area contributed by atoms with Crippen molar-refractivity contribution < 1.29 is 0 Å². The van der Waals surface area contributed by atoms with Gasteiger partial charge < -0.3 is 5.32 Å². The number of nitrogens with one attached hydrogen (secondary N) is 1. The van der Waals surface area contributed by atoms with Crippen LogP contribution in [0, 0.1) is 0 Å². The Morgan fingerprint density at radius 2 is 2.36 bits per heavy atom. The van der Waals surface area contributed by atoms with Gasteiger partial charge in [-0.05, 0) is 18.2 Å². The van der Waals surface area contributed by atoms with Crippen molar-refractivity contribution >= 4 is 11.8 Å². The van der Waals surface area contributed by atoms with Crippen LogP contribution in [-0.2, 0) is 0 Å². The van der Waals surface area contributed by atoms with E-state index in [0.29, 0.717) is 0 Å². The van der Waals surface area contributed by atoms with Crippen LogP contribution in [0.25, 0.3) is 0 Å². The first-order chi connectivity index (χ1) is 5.27. The van der Waals surface area contributed by atoms with Crippen molar-refractivity contribution in [3.05, 3.63) is 11.6 Å². The molecule has 3 N–H and O–H groups in total. The van der Waals surface area contributed by atoms with Crippen molar-refractivity contribution in [1.82, 2.24) is 5.32 Å². The van der Waals surface area contributed by atoms with E-state index in [4.69, 9.17) is 5.73 Å². The Hall–Kier alpha value is -0.150. The second-order valence-electron chi connectivity index (χ2n) is 2.91. The second kappa shape index (κ2) is 4.02. The van der Waals surface area contributed by atoms with Crippen molar-refractivity contribution in [2.45, 2.75) is 37.6 Å². The highest BCUT2D eigenvalue weighted by molar-refractivity contribution is 8.03. The van der Waals surface area contributed by atoms with E-state index < -0.39 is 0 Å². The Kier molecular flexibility index (Phi) is 3.27. The number of hydrogen-bond acceptors (Lipinski definition) is 3. The molecule has 1 unspecified atom stereocenters. The lowest BCUT2D eigenvalue weighted by Crippen LogP contribution is -2.45. The van der Waals surface area contributed by atoms with Crippen LogP contribution in [-0.4, -0.2) is 4.99 Å². The first-order valence-corrected chi connectivity index (χ1v) is 5.04. The van der Waals surface area contributed by atoms with Gasteiger partial charge in [-0.1, -0.05) is 31.5 Å². The molecule has 3 heteroatoms. The predicted octanol–water partition coefficient (Wildman–Crippen LogP) is 1.99. The maximum atomic E-state index is 5.99. The molecule has 11 heavy (non-hydrogen) atoms. The number of unbranched alkanes of at least 4 members (excludes halogenated alkanes) is 2. The van der Waals surface area contributed by atoms with Gasteiger partial charge >= 0.3 is 0 Å². The maximum Gasteiger partial charge on any atom is 0.138 e. The summed E-state index contributed by atoms with van der Waals surface area (Å²) in [5.41, 5.74) is 5.99. The molecule has 0 bridgehead atoms. The summed E-state index contributed by atoms with van der Waals surface area (Å²) < 4.78 is 0. The molecular weight excluding hydrogens is 156 g/mol. The van der Waals surface area contributed by atoms with Crippen LogP contribution in [0.1, 0.15) is 32.6 Å². The van der Waals surface area contributed by atoms with Gasteiger partial charge in [0.1, 0.15) is 4.99 Å². The molecule has 0 spiro atoms. The minimum Gasteiger partial charge on any atom is -0.364 e. The molecule has 0 amide bonds. The van der Waals surface area contributed by atoms with Gasteiger partial charge in [0.05, 0.1) is 0 Å². The van der Waals surface area contributed by atoms with Crippen molar-refractivity contribution in [2.24, 2.45) is 5.73 Å². The Bertz CT molecular complexity index is 137. The van der Waals surface area contributed by atoms with Gasteiger partial charge in [-0.3, -0.25) is 5.73 Å². The van der Waals surface area contributed by atoms with Crippen LogP contribution in [0.2, 0.25) is 0 Å². The lowest BCUT2D eigenvalue weighted by atomic mass is 10.2. The molecule has 1 aliphatic heterocycles. The molecule has 1 atom stereocenters. The van der Waals surface area contributed by atoms with Crippen molar-refractivity contribution in [3.63, 3.8) is 0 Å². The monoisotopic (exact) mass is 172 g/mol. The minimum absolute atomic E-state index is 0.199. The van der Waals surface area contributed by atoms with Gasteiger partial charge in [-0.25, -0.2) is 0 Å². The van der Waals surface area contributed by atoms with E-state index in [0.717, 1.165) is 6.42 Å². The molecule has 1 rings (SSSR count). The smallest absolute Gasteiger partial charge is 0.138 e. The summed E-state index contributed by atoms with van der Waals surface area (Å²) in [5.74, 6) is 0. The fraction of sp³-hybridized carbons (Fsp3) is 0.750. The quantitative estimate of drug-likeness (QED) is 0.637. The number of hydrogen-bond donors (Lipinski definition) is 2. The van der Waals surface area contributed by atoms with E-state index in [9.17, 15) is 0 Å². The molecule has 1 heterocycles. The Morgan fingerprint density at radius 1 is 1.55 bits per heavy atom. The molecular formula is C8H16N2S. The lowest BCUT2D eigenvalue weighted by molar-refractivity contribution is 0.486. The van der Waals surface area contributed by atoms with Gasteiger partial charge in [0.2, 0.25) is 0 Å². The average molecular weight is 172 g/mol. The summed E-state index contributed by atoms with van der Waals surface area (Å²) >= 11 is 1.68. The third-order valence-electron chi connectivity index (χ3n) is 1.83. The van der Waals surface area contributed by atoms with Crippen molar-refractivity contribution in [1.29, 1.82) is 0 Å². The molecule has 64 valence electrons. The Morgan fingerprint density at radius 3 is 2.91 bits per heavy atom. The van der Waals surface area contributed by atoms with Gasteiger partial charge in [0, 0.05) is 6.20 Å².